The molecule has 2 aromatic carbocycles. The zero-order valence-corrected chi connectivity index (χ0v) is 11.8. The molecule has 0 aromatic heterocycles. The first kappa shape index (κ1) is 12.9. The van der Waals surface area contributed by atoms with E-state index in [0.717, 1.165) is 17.2 Å². The first-order valence-electron chi connectivity index (χ1n) is 6.99. The summed E-state index contributed by atoms with van der Waals surface area (Å²) in [4.78, 5) is 0. The molecule has 1 atom stereocenters. The molecule has 0 aliphatic carbocycles. The van der Waals surface area contributed by atoms with Crippen LogP contribution in [-0.4, -0.2) is 13.2 Å². The van der Waals surface area contributed by atoms with Gasteiger partial charge >= 0.3 is 0 Å². The van der Waals surface area contributed by atoms with Gasteiger partial charge in [-0.05, 0) is 49.2 Å². The molecular weight excluding hydrogens is 250 g/mol. The largest absolute Gasteiger partial charge is 0.494 e. The van der Waals surface area contributed by atoms with Crippen LogP contribution in [-0.2, 0) is 0 Å². The van der Waals surface area contributed by atoms with Crippen LogP contribution < -0.4 is 14.8 Å². The highest BCUT2D eigenvalue weighted by molar-refractivity contribution is 5.60. The van der Waals surface area contributed by atoms with Gasteiger partial charge in [0.2, 0.25) is 0 Å². The molecule has 3 rings (SSSR count). The number of nitrogens with one attached hydrogen (secondary N) is 1. The number of aryl methyl sites for hydroxylation is 1. The van der Waals surface area contributed by atoms with Gasteiger partial charge in [0, 0.05) is 0 Å². The SMILES string of the molecule is CCOc1ccc(C2COc3cc(C)ccc3N2)cc1. The van der Waals surface area contributed by atoms with Crippen molar-refractivity contribution in [3.05, 3.63) is 53.6 Å². The van der Waals surface area contributed by atoms with E-state index < -0.39 is 0 Å². The maximum absolute atomic E-state index is 5.86. The second-order valence-corrected chi connectivity index (χ2v) is 5.01. The maximum Gasteiger partial charge on any atom is 0.142 e. The Labute approximate surface area is 119 Å². The Morgan fingerprint density at radius 3 is 2.75 bits per heavy atom. The molecule has 104 valence electrons. The summed E-state index contributed by atoms with van der Waals surface area (Å²) in [6.45, 7) is 5.40. The van der Waals surface area contributed by atoms with Gasteiger partial charge < -0.3 is 14.8 Å². The van der Waals surface area contributed by atoms with Gasteiger partial charge in [0.05, 0.1) is 18.3 Å². The average Bonchev–Trinajstić information content (AvgIpc) is 2.48. The first-order chi connectivity index (χ1) is 9.76. The highest BCUT2D eigenvalue weighted by atomic mass is 16.5. The second kappa shape index (κ2) is 5.45. The zero-order chi connectivity index (χ0) is 13.9. The van der Waals surface area contributed by atoms with Gasteiger partial charge in [0.1, 0.15) is 18.1 Å². The van der Waals surface area contributed by atoms with E-state index in [9.17, 15) is 0 Å². The van der Waals surface area contributed by atoms with Crippen molar-refractivity contribution in [2.75, 3.05) is 18.5 Å². The predicted molar refractivity (Wildman–Crippen MR) is 80.6 cm³/mol. The number of ether oxygens (including phenoxy) is 2. The van der Waals surface area contributed by atoms with Gasteiger partial charge in [0.15, 0.2) is 0 Å². The van der Waals surface area contributed by atoms with Gasteiger partial charge in [-0.1, -0.05) is 18.2 Å². The van der Waals surface area contributed by atoms with Crippen LogP contribution in [0.3, 0.4) is 0 Å². The molecule has 3 heteroatoms. The van der Waals surface area contributed by atoms with Crippen LogP contribution in [0.15, 0.2) is 42.5 Å². The van der Waals surface area contributed by atoms with Crippen LogP contribution in [0.1, 0.15) is 24.1 Å². The van der Waals surface area contributed by atoms with Crippen LogP contribution in [0.5, 0.6) is 11.5 Å². The number of fused-ring (bicyclic) bond motifs is 1. The van der Waals surface area contributed by atoms with E-state index in [0.29, 0.717) is 13.2 Å². The van der Waals surface area contributed by atoms with Gasteiger partial charge in [-0.3, -0.25) is 0 Å². The summed E-state index contributed by atoms with van der Waals surface area (Å²) >= 11 is 0. The van der Waals surface area contributed by atoms with Crippen LogP contribution >= 0.6 is 0 Å². The lowest BCUT2D eigenvalue weighted by Crippen LogP contribution is -2.23. The average molecular weight is 269 g/mol. The zero-order valence-electron chi connectivity index (χ0n) is 11.8. The normalized spacial score (nSPS) is 16.8. The minimum atomic E-state index is 0.181. The molecular formula is C17H19NO2. The van der Waals surface area contributed by atoms with Gasteiger partial charge in [0.25, 0.3) is 0 Å². The van der Waals surface area contributed by atoms with E-state index in [1.165, 1.54) is 11.1 Å². The van der Waals surface area contributed by atoms with Crippen molar-refractivity contribution < 1.29 is 9.47 Å². The summed E-state index contributed by atoms with van der Waals surface area (Å²) in [6, 6.07) is 14.6. The molecule has 1 heterocycles. The Balaban J connectivity index is 1.77. The first-order valence-corrected chi connectivity index (χ1v) is 6.99. The fraction of sp³-hybridized carbons (Fsp3) is 0.294. The monoisotopic (exact) mass is 269 g/mol. The molecule has 2 aromatic rings. The molecule has 0 amide bonds. The predicted octanol–water partition coefficient (Wildman–Crippen LogP) is 3.94. The molecule has 1 N–H and O–H groups in total. The Morgan fingerprint density at radius 2 is 2.00 bits per heavy atom. The van der Waals surface area contributed by atoms with Crippen molar-refractivity contribution >= 4 is 5.69 Å². The molecule has 0 radical (unpaired) electrons. The highest BCUT2D eigenvalue weighted by Gasteiger charge is 2.20. The minimum Gasteiger partial charge on any atom is -0.494 e. The van der Waals surface area contributed by atoms with Crippen LogP contribution in [0.2, 0.25) is 0 Å². The molecule has 0 saturated heterocycles. The van der Waals surface area contributed by atoms with E-state index in [1.54, 1.807) is 0 Å². The summed E-state index contributed by atoms with van der Waals surface area (Å²) in [5.41, 5.74) is 3.48. The third-order valence-electron chi connectivity index (χ3n) is 3.47. The minimum absolute atomic E-state index is 0.181. The number of benzene rings is 2. The van der Waals surface area contributed by atoms with Crippen LogP contribution in [0.25, 0.3) is 0 Å². The molecule has 1 aliphatic rings. The Kier molecular flexibility index (Phi) is 3.50. The second-order valence-electron chi connectivity index (χ2n) is 5.01. The molecule has 3 nitrogen and oxygen atoms in total. The maximum atomic E-state index is 5.86. The molecule has 0 bridgehead atoms. The van der Waals surface area contributed by atoms with E-state index in [2.05, 4.69) is 42.6 Å². The lowest BCUT2D eigenvalue weighted by Gasteiger charge is -2.28. The van der Waals surface area contributed by atoms with Crippen molar-refractivity contribution in [3.63, 3.8) is 0 Å². The smallest absolute Gasteiger partial charge is 0.142 e. The fourth-order valence-electron chi connectivity index (χ4n) is 2.41. The lowest BCUT2D eigenvalue weighted by molar-refractivity contribution is 0.286. The van der Waals surface area contributed by atoms with Gasteiger partial charge in [-0.25, -0.2) is 0 Å². The topological polar surface area (TPSA) is 30.5 Å². The quantitative estimate of drug-likeness (QED) is 0.915. The summed E-state index contributed by atoms with van der Waals surface area (Å²) < 4.78 is 11.3. The van der Waals surface area contributed by atoms with E-state index in [1.807, 2.05) is 19.1 Å². The number of anilines is 1. The van der Waals surface area contributed by atoms with Crippen molar-refractivity contribution in [2.45, 2.75) is 19.9 Å². The summed E-state index contributed by atoms with van der Waals surface area (Å²) in [5, 5.41) is 3.53. The van der Waals surface area contributed by atoms with Crippen molar-refractivity contribution in [2.24, 2.45) is 0 Å². The fourth-order valence-corrected chi connectivity index (χ4v) is 2.41. The van der Waals surface area contributed by atoms with Crippen molar-refractivity contribution in [1.82, 2.24) is 0 Å². The molecule has 1 aliphatic heterocycles. The molecule has 0 fully saturated rings. The summed E-state index contributed by atoms with van der Waals surface area (Å²) in [5.74, 6) is 1.84. The number of hydrogen-bond acceptors (Lipinski definition) is 3. The Hall–Kier alpha value is -2.16. The lowest BCUT2D eigenvalue weighted by atomic mass is 10.0. The van der Waals surface area contributed by atoms with Gasteiger partial charge in [-0.15, -0.1) is 0 Å². The molecule has 1 unspecified atom stereocenters. The molecule has 20 heavy (non-hydrogen) atoms. The standard InChI is InChI=1S/C17H19NO2/c1-3-19-14-7-5-13(6-8-14)16-11-20-17-10-12(2)4-9-15(17)18-16/h4-10,16,18H,3,11H2,1-2H3. The van der Waals surface area contributed by atoms with Crippen molar-refractivity contribution in [3.8, 4) is 11.5 Å². The number of hydrogen-bond donors (Lipinski definition) is 1. The molecule has 0 saturated carbocycles. The van der Waals surface area contributed by atoms with Crippen molar-refractivity contribution in [1.29, 1.82) is 0 Å². The third kappa shape index (κ3) is 2.57. The summed E-state index contributed by atoms with van der Waals surface area (Å²) in [7, 11) is 0. The van der Waals surface area contributed by atoms with Gasteiger partial charge in [-0.2, -0.15) is 0 Å². The summed E-state index contributed by atoms with van der Waals surface area (Å²) in [6.07, 6.45) is 0. The van der Waals surface area contributed by atoms with E-state index in [-0.39, 0.29) is 6.04 Å². The van der Waals surface area contributed by atoms with E-state index >= 15 is 0 Å². The van der Waals surface area contributed by atoms with Crippen LogP contribution in [0.4, 0.5) is 5.69 Å². The molecule has 0 spiro atoms. The van der Waals surface area contributed by atoms with Crippen LogP contribution in [0, 0.1) is 6.92 Å². The third-order valence-corrected chi connectivity index (χ3v) is 3.47. The Bertz CT molecular complexity index is 592. The number of rotatable bonds is 3. The Morgan fingerprint density at radius 1 is 1.20 bits per heavy atom. The highest BCUT2D eigenvalue weighted by Crippen LogP contribution is 2.34. The van der Waals surface area contributed by atoms with E-state index in [4.69, 9.17) is 9.47 Å².